The zero-order valence-electron chi connectivity index (χ0n) is 17.1. The van der Waals surface area contributed by atoms with E-state index in [1.165, 1.54) is 36.4 Å². The Hall–Kier alpha value is -4.34. The molecule has 0 aliphatic rings. The molecule has 0 unspecified atom stereocenters. The van der Waals surface area contributed by atoms with Crippen molar-refractivity contribution in [1.82, 2.24) is 0 Å². The third-order valence-corrected chi connectivity index (χ3v) is 4.46. The van der Waals surface area contributed by atoms with Crippen LogP contribution in [-0.2, 0) is 11.0 Å². The Morgan fingerprint density at radius 1 is 0.758 bits per heavy atom. The molecule has 0 aliphatic carbocycles. The van der Waals surface area contributed by atoms with E-state index in [9.17, 15) is 27.6 Å². The number of carbonyl (C=O) groups excluding carboxylic acids is 3. The molecule has 0 bridgehead atoms. The molecular formula is C23H19F3N4O3. The third kappa shape index (κ3) is 6.57. The molecule has 0 aliphatic heterocycles. The lowest BCUT2D eigenvalue weighted by Crippen LogP contribution is -2.22. The fourth-order valence-corrected chi connectivity index (χ4v) is 2.88. The molecule has 0 fully saturated rings. The van der Waals surface area contributed by atoms with Crippen LogP contribution >= 0.6 is 0 Å². The highest BCUT2D eigenvalue weighted by Gasteiger charge is 2.30. The van der Waals surface area contributed by atoms with Crippen molar-refractivity contribution in [3.8, 4) is 0 Å². The molecule has 0 saturated carbocycles. The number of nitrogens with one attached hydrogen (secondary N) is 3. The van der Waals surface area contributed by atoms with Crippen LogP contribution in [0.3, 0.4) is 0 Å². The number of benzene rings is 3. The van der Waals surface area contributed by atoms with Crippen molar-refractivity contribution in [1.29, 1.82) is 0 Å². The minimum atomic E-state index is -4.53. The van der Waals surface area contributed by atoms with Gasteiger partial charge in [-0.15, -0.1) is 0 Å². The van der Waals surface area contributed by atoms with Gasteiger partial charge in [-0.25, -0.2) is 0 Å². The van der Waals surface area contributed by atoms with E-state index >= 15 is 0 Å². The first-order chi connectivity index (χ1) is 15.6. The average molecular weight is 456 g/mol. The van der Waals surface area contributed by atoms with Crippen molar-refractivity contribution < 1.29 is 27.6 Å². The zero-order valence-corrected chi connectivity index (χ0v) is 17.1. The minimum Gasteiger partial charge on any atom is -0.376 e. The van der Waals surface area contributed by atoms with Crippen molar-refractivity contribution in [3.63, 3.8) is 0 Å². The quantitative estimate of drug-likeness (QED) is 0.429. The highest BCUT2D eigenvalue weighted by atomic mass is 19.4. The van der Waals surface area contributed by atoms with Gasteiger partial charge < -0.3 is 21.7 Å². The summed E-state index contributed by atoms with van der Waals surface area (Å²) in [6, 6.07) is 16.6. The van der Waals surface area contributed by atoms with Crippen molar-refractivity contribution >= 4 is 34.8 Å². The van der Waals surface area contributed by atoms with Gasteiger partial charge in [-0.3, -0.25) is 14.4 Å². The Morgan fingerprint density at radius 3 is 2.00 bits per heavy atom. The van der Waals surface area contributed by atoms with E-state index in [1.54, 1.807) is 24.3 Å². The molecule has 33 heavy (non-hydrogen) atoms. The monoisotopic (exact) mass is 456 g/mol. The molecule has 7 nitrogen and oxygen atoms in total. The van der Waals surface area contributed by atoms with E-state index in [0.29, 0.717) is 16.9 Å². The molecule has 3 amide bonds. The summed E-state index contributed by atoms with van der Waals surface area (Å²) in [7, 11) is 0. The number of halogens is 3. The summed E-state index contributed by atoms with van der Waals surface area (Å²) in [6.45, 7) is -0.122. The number of primary amides is 1. The van der Waals surface area contributed by atoms with Crippen LogP contribution < -0.4 is 21.7 Å². The van der Waals surface area contributed by atoms with Gasteiger partial charge in [-0.05, 0) is 54.6 Å². The predicted octanol–water partition coefficient (Wildman–Crippen LogP) is 4.11. The Morgan fingerprint density at radius 2 is 1.33 bits per heavy atom. The molecule has 5 N–H and O–H groups in total. The maximum Gasteiger partial charge on any atom is 0.416 e. The molecule has 3 rings (SSSR count). The van der Waals surface area contributed by atoms with Gasteiger partial charge >= 0.3 is 6.18 Å². The third-order valence-electron chi connectivity index (χ3n) is 4.46. The molecule has 170 valence electrons. The van der Waals surface area contributed by atoms with Crippen LogP contribution in [0.5, 0.6) is 0 Å². The van der Waals surface area contributed by atoms with E-state index in [2.05, 4.69) is 16.0 Å². The molecule has 0 saturated heterocycles. The molecule has 0 aromatic heterocycles. The van der Waals surface area contributed by atoms with Gasteiger partial charge in [0.25, 0.3) is 5.91 Å². The lowest BCUT2D eigenvalue weighted by Gasteiger charge is -2.11. The Bertz CT molecular complexity index is 1200. The smallest absolute Gasteiger partial charge is 0.376 e. The number of nitrogens with two attached hydrogens (primary N) is 1. The maximum atomic E-state index is 12.9. The van der Waals surface area contributed by atoms with Gasteiger partial charge in [0.15, 0.2) is 0 Å². The Balaban J connectivity index is 1.61. The van der Waals surface area contributed by atoms with Crippen molar-refractivity contribution in [2.24, 2.45) is 5.73 Å². The number of amides is 3. The topological polar surface area (TPSA) is 113 Å². The molecule has 10 heteroatoms. The number of hydrogen-bond acceptors (Lipinski definition) is 4. The van der Waals surface area contributed by atoms with Gasteiger partial charge in [-0.1, -0.05) is 18.2 Å². The summed E-state index contributed by atoms with van der Waals surface area (Å²) in [5, 5.41) is 7.88. The summed E-state index contributed by atoms with van der Waals surface area (Å²) in [5.41, 5.74) is 5.62. The second-order valence-electron chi connectivity index (χ2n) is 6.96. The summed E-state index contributed by atoms with van der Waals surface area (Å²) in [4.78, 5) is 35.9. The number of carbonyl (C=O) groups is 3. The molecule has 0 radical (unpaired) electrons. The summed E-state index contributed by atoms with van der Waals surface area (Å²) >= 11 is 0. The van der Waals surface area contributed by atoms with Gasteiger partial charge in [-0.2, -0.15) is 13.2 Å². The second kappa shape index (κ2) is 9.86. The summed E-state index contributed by atoms with van der Waals surface area (Å²) < 4.78 is 38.6. The van der Waals surface area contributed by atoms with Gasteiger partial charge in [0.1, 0.15) is 0 Å². The Labute approximate surface area is 186 Å². The Kier molecular flexibility index (Phi) is 6.97. The van der Waals surface area contributed by atoms with Crippen LogP contribution in [0.15, 0.2) is 72.8 Å². The van der Waals surface area contributed by atoms with E-state index in [1.807, 2.05) is 0 Å². The van der Waals surface area contributed by atoms with Gasteiger partial charge in [0.2, 0.25) is 11.8 Å². The summed E-state index contributed by atoms with van der Waals surface area (Å²) in [6.07, 6.45) is -4.53. The fourth-order valence-electron chi connectivity index (χ4n) is 2.88. The fraction of sp³-hybridized carbons (Fsp3) is 0.0870. The number of rotatable bonds is 7. The molecule has 0 atom stereocenters. The molecular weight excluding hydrogens is 437 g/mol. The number of hydrogen-bond donors (Lipinski definition) is 4. The van der Waals surface area contributed by atoms with Crippen molar-refractivity contribution in [2.45, 2.75) is 6.18 Å². The molecule has 0 spiro atoms. The first kappa shape index (κ1) is 23.3. The van der Waals surface area contributed by atoms with Crippen molar-refractivity contribution in [3.05, 3.63) is 89.5 Å². The highest BCUT2D eigenvalue weighted by Crippen LogP contribution is 2.30. The zero-order chi connectivity index (χ0) is 24.0. The summed E-state index contributed by atoms with van der Waals surface area (Å²) in [5.74, 6) is -1.65. The van der Waals surface area contributed by atoms with E-state index < -0.39 is 29.5 Å². The van der Waals surface area contributed by atoms with Crippen LogP contribution in [0.4, 0.5) is 30.2 Å². The van der Waals surface area contributed by atoms with E-state index in [4.69, 9.17) is 5.73 Å². The molecule has 3 aromatic rings. The first-order valence-electron chi connectivity index (χ1n) is 9.64. The van der Waals surface area contributed by atoms with Crippen LogP contribution in [0.2, 0.25) is 0 Å². The van der Waals surface area contributed by atoms with Crippen LogP contribution in [0, 0.1) is 0 Å². The van der Waals surface area contributed by atoms with Gasteiger partial charge in [0.05, 0.1) is 12.1 Å². The normalized spacial score (nSPS) is 10.9. The SMILES string of the molecule is NC(=O)c1cccc(NCC(=O)Nc2cccc(C(=O)Nc3cccc(C(F)(F)F)c3)c2)c1. The lowest BCUT2D eigenvalue weighted by molar-refractivity contribution is -0.137. The van der Waals surface area contributed by atoms with E-state index in [0.717, 1.165) is 12.1 Å². The van der Waals surface area contributed by atoms with Crippen molar-refractivity contribution in [2.75, 3.05) is 22.5 Å². The van der Waals surface area contributed by atoms with Crippen LogP contribution in [0.1, 0.15) is 26.3 Å². The van der Waals surface area contributed by atoms with Gasteiger partial charge in [0, 0.05) is 28.2 Å². The molecule has 3 aromatic carbocycles. The van der Waals surface area contributed by atoms with Crippen LogP contribution in [0.25, 0.3) is 0 Å². The first-order valence-corrected chi connectivity index (χ1v) is 9.64. The lowest BCUT2D eigenvalue weighted by atomic mass is 10.1. The average Bonchev–Trinajstić information content (AvgIpc) is 2.77. The number of anilines is 3. The minimum absolute atomic E-state index is 0.00773. The van der Waals surface area contributed by atoms with Crippen LogP contribution in [-0.4, -0.2) is 24.3 Å². The maximum absolute atomic E-state index is 12.9. The second-order valence-corrected chi connectivity index (χ2v) is 6.96. The predicted molar refractivity (Wildman–Crippen MR) is 118 cm³/mol. The highest BCUT2D eigenvalue weighted by molar-refractivity contribution is 6.05. The largest absolute Gasteiger partial charge is 0.416 e. The number of alkyl halides is 3. The standard InChI is InChI=1S/C23H19F3N4O3/c24-23(25,26)16-6-3-9-19(12-16)30-22(33)15-5-2-8-18(11-15)29-20(31)13-28-17-7-1-4-14(10-17)21(27)32/h1-12,28H,13H2,(H2,27,32)(H,29,31)(H,30,33). The molecule has 0 heterocycles. The van der Waals surface area contributed by atoms with E-state index in [-0.39, 0.29) is 17.8 Å².